The highest BCUT2D eigenvalue weighted by molar-refractivity contribution is 5.94. The Bertz CT molecular complexity index is 413. The maximum Gasteiger partial charge on any atom is 0.337 e. The zero-order valence-corrected chi connectivity index (χ0v) is 10.7. The number of ether oxygens (including phenoxy) is 1. The van der Waals surface area contributed by atoms with Gasteiger partial charge in [-0.2, -0.15) is 0 Å². The fourth-order valence-corrected chi connectivity index (χ4v) is 1.71. The van der Waals surface area contributed by atoms with Gasteiger partial charge in [-0.15, -0.1) is 0 Å². The number of anilines is 1. The monoisotopic (exact) mass is 237 g/mol. The SMILES string of the molecule is COCC(C)(C)Nc1ccc(C)cc1C(=O)O. The van der Waals surface area contributed by atoms with Gasteiger partial charge in [-0.25, -0.2) is 4.79 Å². The van der Waals surface area contributed by atoms with Crippen LogP contribution in [0.25, 0.3) is 0 Å². The fraction of sp³-hybridized carbons (Fsp3) is 0.462. The number of aryl methyl sites for hydroxylation is 1. The van der Waals surface area contributed by atoms with Crippen molar-refractivity contribution in [3.63, 3.8) is 0 Å². The number of methoxy groups -OCH3 is 1. The molecule has 0 aliphatic carbocycles. The molecule has 0 heterocycles. The average Bonchev–Trinajstić information content (AvgIpc) is 2.20. The van der Waals surface area contributed by atoms with Crippen molar-refractivity contribution >= 4 is 11.7 Å². The van der Waals surface area contributed by atoms with Gasteiger partial charge in [0, 0.05) is 12.8 Å². The third kappa shape index (κ3) is 3.75. The summed E-state index contributed by atoms with van der Waals surface area (Å²) in [6.07, 6.45) is 0. The number of carbonyl (C=O) groups is 1. The van der Waals surface area contributed by atoms with Crippen LogP contribution >= 0.6 is 0 Å². The maximum absolute atomic E-state index is 11.1. The highest BCUT2D eigenvalue weighted by Gasteiger charge is 2.20. The second-order valence-corrected chi connectivity index (χ2v) is 4.80. The molecule has 0 amide bonds. The zero-order valence-electron chi connectivity index (χ0n) is 10.7. The molecule has 4 nitrogen and oxygen atoms in total. The topological polar surface area (TPSA) is 58.6 Å². The Balaban J connectivity index is 3.02. The van der Waals surface area contributed by atoms with Gasteiger partial charge in [0.05, 0.1) is 17.7 Å². The summed E-state index contributed by atoms with van der Waals surface area (Å²) in [4.78, 5) is 11.1. The summed E-state index contributed by atoms with van der Waals surface area (Å²) in [5.41, 5.74) is 1.52. The van der Waals surface area contributed by atoms with Crippen LogP contribution in [0, 0.1) is 6.92 Å². The number of rotatable bonds is 5. The van der Waals surface area contributed by atoms with E-state index < -0.39 is 5.97 Å². The molecule has 0 saturated carbocycles. The first kappa shape index (κ1) is 13.5. The van der Waals surface area contributed by atoms with Crippen LogP contribution in [0.3, 0.4) is 0 Å². The molecule has 0 atom stereocenters. The number of benzene rings is 1. The third-order valence-corrected chi connectivity index (χ3v) is 2.38. The van der Waals surface area contributed by atoms with Crippen LogP contribution in [-0.2, 0) is 4.74 Å². The third-order valence-electron chi connectivity index (χ3n) is 2.38. The van der Waals surface area contributed by atoms with Crippen molar-refractivity contribution in [1.29, 1.82) is 0 Å². The number of hydrogen-bond acceptors (Lipinski definition) is 3. The normalized spacial score (nSPS) is 11.3. The second kappa shape index (κ2) is 5.19. The Morgan fingerprint density at radius 2 is 2.12 bits per heavy atom. The molecule has 2 N–H and O–H groups in total. The minimum Gasteiger partial charge on any atom is -0.478 e. The van der Waals surface area contributed by atoms with Gasteiger partial charge in [-0.05, 0) is 32.9 Å². The summed E-state index contributed by atoms with van der Waals surface area (Å²) >= 11 is 0. The Hall–Kier alpha value is -1.55. The molecule has 1 aromatic carbocycles. The van der Waals surface area contributed by atoms with Crippen molar-refractivity contribution in [2.24, 2.45) is 0 Å². The van der Waals surface area contributed by atoms with E-state index in [1.54, 1.807) is 19.2 Å². The van der Waals surface area contributed by atoms with E-state index in [9.17, 15) is 4.79 Å². The lowest BCUT2D eigenvalue weighted by molar-refractivity contribution is 0.0697. The Morgan fingerprint density at radius 3 is 2.65 bits per heavy atom. The Morgan fingerprint density at radius 1 is 1.47 bits per heavy atom. The lowest BCUT2D eigenvalue weighted by Crippen LogP contribution is -2.36. The molecular weight excluding hydrogens is 218 g/mol. The van der Waals surface area contributed by atoms with E-state index in [2.05, 4.69) is 5.32 Å². The number of hydrogen-bond donors (Lipinski definition) is 2. The quantitative estimate of drug-likeness (QED) is 0.826. The molecule has 0 aromatic heterocycles. The molecule has 0 bridgehead atoms. The van der Waals surface area contributed by atoms with Crippen molar-refractivity contribution in [3.05, 3.63) is 29.3 Å². The van der Waals surface area contributed by atoms with Crippen LogP contribution in [0.4, 0.5) is 5.69 Å². The van der Waals surface area contributed by atoms with Gasteiger partial charge in [-0.1, -0.05) is 11.6 Å². The first-order valence-corrected chi connectivity index (χ1v) is 5.47. The van der Waals surface area contributed by atoms with Gasteiger partial charge >= 0.3 is 5.97 Å². The van der Waals surface area contributed by atoms with Crippen molar-refractivity contribution in [3.8, 4) is 0 Å². The van der Waals surface area contributed by atoms with Crippen molar-refractivity contribution in [2.45, 2.75) is 26.3 Å². The van der Waals surface area contributed by atoms with E-state index >= 15 is 0 Å². The number of aromatic carboxylic acids is 1. The summed E-state index contributed by atoms with van der Waals surface area (Å²) in [7, 11) is 1.62. The molecule has 4 heteroatoms. The molecule has 0 saturated heterocycles. The largest absolute Gasteiger partial charge is 0.478 e. The zero-order chi connectivity index (χ0) is 13.1. The lowest BCUT2D eigenvalue weighted by atomic mass is 10.0. The van der Waals surface area contributed by atoms with E-state index in [1.807, 2.05) is 26.8 Å². The molecular formula is C13H19NO3. The predicted octanol–water partition coefficient (Wildman–Crippen LogP) is 2.53. The molecule has 1 rings (SSSR count). The van der Waals surface area contributed by atoms with E-state index in [-0.39, 0.29) is 11.1 Å². The minimum absolute atomic E-state index is 0.286. The molecule has 17 heavy (non-hydrogen) atoms. The first-order chi connectivity index (χ1) is 7.85. The molecule has 0 unspecified atom stereocenters. The molecule has 0 spiro atoms. The van der Waals surface area contributed by atoms with Gasteiger partial charge in [0.1, 0.15) is 0 Å². The molecule has 1 aromatic rings. The Labute approximate surface area is 102 Å². The van der Waals surface area contributed by atoms with E-state index in [1.165, 1.54) is 0 Å². The van der Waals surface area contributed by atoms with Crippen LogP contribution in [0.15, 0.2) is 18.2 Å². The highest BCUT2D eigenvalue weighted by atomic mass is 16.5. The number of nitrogens with one attached hydrogen (secondary N) is 1. The maximum atomic E-state index is 11.1. The van der Waals surface area contributed by atoms with Crippen LogP contribution in [0.2, 0.25) is 0 Å². The van der Waals surface area contributed by atoms with Crippen LogP contribution in [0.1, 0.15) is 29.8 Å². The van der Waals surface area contributed by atoms with E-state index in [0.717, 1.165) is 5.56 Å². The van der Waals surface area contributed by atoms with Gasteiger partial charge < -0.3 is 15.2 Å². The van der Waals surface area contributed by atoms with Crippen LogP contribution in [0.5, 0.6) is 0 Å². The average molecular weight is 237 g/mol. The molecule has 0 aliphatic rings. The summed E-state index contributed by atoms with van der Waals surface area (Å²) in [6, 6.07) is 5.33. The Kier molecular flexibility index (Phi) is 4.12. The van der Waals surface area contributed by atoms with Gasteiger partial charge in [-0.3, -0.25) is 0 Å². The standard InChI is InChI=1S/C13H19NO3/c1-9-5-6-11(10(7-9)12(15)16)14-13(2,3)8-17-4/h5-7,14H,8H2,1-4H3,(H,15,16). The molecule has 0 radical (unpaired) electrons. The summed E-state index contributed by atoms with van der Waals surface area (Å²) in [5.74, 6) is -0.926. The van der Waals surface area contributed by atoms with Crippen molar-refractivity contribution < 1.29 is 14.6 Å². The predicted molar refractivity (Wildman–Crippen MR) is 67.7 cm³/mol. The lowest BCUT2D eigenvalue weighted by Gasteiger charge is -2.27. The summed E-state index contributed by atoms with van der Waals surface area (Å²) in [6.45, 7) is 6.29. The number of carboxylic acids is 1. The molecule has 0 fully saturated rings. The van der Waals surface area contributed by atoms with Crippen LogP contribution in [-0.4, -0.2) is 30.3 Å². The second-order valence-electron chi connectivity index (χ2n) is 4.80. The number of carboxylic acid groups (broad SMARTS) is 1. The van der Waals surface area contributed by atoms with E-state index in [0.29, 0.717) is 12.3 Å². The van der Waals surface area contributed by atoms with Gasteiger partial charge in [0.25, 0.3) is 0 Å². The van der Waals surface area contributed by atoms with E-state index in [4.69, 9.17) is 9.84 Å². The van der Waals surface area contributed by atoms with Gasteiger partial charge in [0.2, 0.25) is 0 Å². The molecule has 0 aliphatic heterocycles. The van der Waals surface area contributed by atoms with Crippen LogP contribution < -0.4 is 5.32 Å². The summed E-state index contributed by atoms with van der Waals surface area (Å²) < 4.78 is 5.09. The summed E-state index contributed by atoms with van der Waals surface area (Å²) in [5, 5.41) is 12.3. The van der Waals surface area contributed by atoms with Crippen molar-refractivity contribution in [2.75, 3.05) is 19.0 Å². The van der Waals surface area contributed by atoms with Gasteiger partial charge in [0.15, 0.2) is 0 Å². The fourth-order valence-electron chi connectivity index (χ4n) is 1.71. The smallest absolute Gasteiger partial charge is 0.337 e. The molecule has 94 valence electrons. The minimum atomic E-state index is -0.926. The van der Waals surface area contributed by atoms with Crippen molar-refractivity contribution in [1.82, 2.24) is 0 Å². The first-order valence-electron chi connectivity index (χ1n) is 5.47. The highest BCUT2D eigenvalue weighted by Crippen LogP contribution is 2.21.